The molecule has 1 heterocycles. The van der Waals surface area contributed by atoms with Gasteiger partial charge in [-0.3, -0.25) is 15.5 Å². The third-order valence-electron chi connectivity index (χ3n) is 4.46. The monoisotopic (exact) mass is 433 g/mol. The Morgan fingerprint density at radius 3 is 2.53 bits per heavy atom. The van der Waals surface area contributed by atoms with E-state index >= 15 is 0 Å². The van der Waals surface area contributed by atoms with Crippen LogP contribution in [0.25, 0.3) is 10.8 Å². The Labute approximate surface area is 183 Å². The molecule has 3 aromatic carbocycles. The van der Waals surface area contributed by atoms with Gasteiger partial charge in [0.1, 0.15) is 5.82 Å². The van der Waals surface area contributed by atoms with Crippen LogP contribution < -0.4 is 10.7 Å². The van der Waals surface area contributed by atoms with Crippen molar-refractivity contribution >= 4 is 45.8 Å². The van der Waals surface area contributed by atoms with Gasteiger partial charge in [0.25, 0.3) is 5.91 Å². The van der Waals surface area contributed by atoms with Crippen LogP contribution in [0.2, 0.25) is 0 Å². The fourth-order valence-corrected chi connectivity index (χ4v) is 4.00. The Morgan fingerprint density at radius 1 is 1.00 bits per heavy atom. The standard InChI is InChI=1S/C22H19N5OS2/c1-15-24-25-22(30-14-16-7-3-2-4-8-16)27(15)26-21(29)23-20(28)19-12-11-17-9-5-6-10-18(17)13-19/h2-13H,14H2,1H3,(H2,23,26,28,29). The summed E-state index contributed by atoms with van der Waals surface area (Å²) in [6.45, 7) is 1.82. The molecule has 4 aromatic rings. The van der Waals surface area contributed by atoms with Gasteiger partial charge in [-0.2, -0.15) is 0 Å². The van der Waals surface area contributed by atoms with Crippen molar-refractivity contribution in [3.05, 3.63) is 89.7 Å². The number of nitrogens with one attached hydrogen (secondary N) is 2. The van der Waals surface area contributed by atoms with E-state index in [4.69, 9.17) is 12.2 Å². The van der Waals surface area contributed by atoms with Gasteiger partial charge in [-0.25, -0.2) is 4.68 Å². The first-order valence-electron chi connectivity index (χ1n) is 9.30. The highest BCUT2D eigenvalue weighted by Crippen LogP contribution is 2.21. The second-order valence-electron chi connectivity index (χ2n) is 6.60. The normalized spacial score (nSPS) is 10.7. The molecule has 0 aliphatic carbocycles. The number of carbonyl (C=O) groups excluding carboxylic acids is 1. The summed E-state index contributed by atoms with van der Waals surface area (Å²) < 4.78 is 1.68. The third kappa shape index (κ3) is 4.67. The van der Waals surface area contributed by atoms with E-state index in [-0.39, 0.29) is 11.0 Å². The van der Waals surface area contributed by atoms with Gasteiger partial charge >= 0.3 is 0 Å². The molecule has 1 aromatic heterocycles. The van der Waals surface area contributed by atoms with Crippen LogP contribution in [-0.2, 0) is 5.75 Å². The lowest BCUT2D eigenvalue weighted by molar-refractivity contribution is 0.0977. The van der Waals surface area contributed by atoms with E-state index in [9.17, 15) is 4.79 Å². The van der Waals surface area contributed by atoms with Gasteiger partial charge in [0.15, 0.2) is 5.11 Å². The van der Waals surface area contributed by atoms with E-state index < -0.39 is 0 Å². The predicted octanol–water partition coefficient (Wildman–Crippen LogP) is 4.29. The number of rotatable bonds is 5. The highest BCUT2D eigenvalue weighted by Gasteiger charge is 2.13. The van der Waals surface area contributed by atoms with Gasteiger partial charge in [0, 0.05) is 11.3 Å². The van der Waals surface area contributed by atoms with Gasteiger partial charge in [-0.1, -0.05) is 72.4 Å². The molecular formula is C22H19N5OS2. The zero-order valence-electron chi connectivity index (χ0n) is 16.2. The van der Waals surface area contributed by atoms with E-state index in [0.29, 0.717) is 16.5 Å². The van der Waals surface area contributed by atoms with Crippen LogP contribution in [0.4, 0.5) is 0 Å². The Morgan fingerprint density at radius 2 is 1.73 bits per heavy atom. The molecule has 8 heteroatoms. The SMILES string of the molecule is Cc1nnc(SCc2ccccc2)n1NC(=S)NC(=O)c1ccc2ccccc2c1. The fraction of sp³-hybridized carbons (Fsp3) is 0.0909. The topological polar surface area (TPSA) is 71.8 Å². The quantitative estimate of drug-likeness (QED) is 0.361. The Hall–Kier alpha value is -3.23. The molecule has 30 heavy (non-hydrogen) atoms. The summed E-state index contributed by atoms with van der Waals surface area (Å²) in [5, 5.41) is 14.0. The summed E-state index contributed by atoms with van der Waals surface area (Å²) in [6, 6.07) is 23.5. The van der Waals surface area contributed by atoms with Crippen LogP contribution in [0, 0.1) is 6.92 Å². The van der Waals surface area contributed by atoms with Crippen molar-refractivity contribution in [3.8, 4) is 0 Å². The van der Waals surface area contributed by atoms with Gasteiger partial charge in [-0.05, 0) is 47.6 Å². The number of fused-ring (bicyclic) bond motifs is 1. The highest BCUT2D eigenvalue weighted by atomic mass is 32.2. The number of benzene rings is 3. The maximum absolute atomic E-state index is 12.6. The number of aryl methyl sites for hydroxylation is 1. The van der Waals surface area contributed by atoms with Crippen LogP contribution >= 0.6 is 24.0 Å². The zero-order chi connectivity index (χ0) is 20.9. The number of thiocarbonyl (C=S) groups is 1. The first-order chi connectivity index (χ1) is 14.6. The summed E-state index contributed by atoms with van der Waals surface area (Å²) in [5.74, 6) is 1.12. The molecule has 0 atom stereocenters. The minimum absolute atomic E-state index is 0.178. The van der Waals surface area contributed by atoms with E-state index in [2.05, 4.69) is 33.1 Å². The number of aromatic nitrogens is 3. The third-order valence-corrected chi connectivity index (χ3v) is 5.65. The Kier molecular flexibility index (Phi) is 6.06. The van der Waals surface area contributed by atoms with Crippen molar-refractivity contribution in [2.75, 3.05) is 5.43 Å². The molecule has 0 bridgehead atoms. The summed E-state index contributed by atoms with van der Waals surface area (Å²) in [7, 11) is 0. The maximum atomic E-state index is 12.6. The molecule has 0 aliphatic heterocycles. The lowest BCUT2D eigenvalue weighted by Gasteiger charge is -2.13. The summed E-state index contributed by atoms with van der Waals surface area (Å²) >= 11 is 6.88. The predicted molar refractivity (Wildman–Crippen MR) is 124 cm³/mol. The lowest BCUT2D eigenvalue weighted by Crippen LogP contribution is -2.38. The summed E-state index contributed by atoms with van der Waals surface area (Å²) in [6.07, 6.45) is 0. The molecule has 2 N–H and O–H groups in total. The summed E-state index contributed by atoms with van der Waals surface area (Å²) in [5.41, 5.74) is 4.72. The largest absolute Gasteiger partial charge is 0.298 e. The van der Waals surface area contributed by atoms with Gasteiger partial charge in [0.05, 0.1) is 0 Å². The Balaban J connectivity index is 1.42. The first-order valence-corrected chi connectivity index (χ1v) is 10.7. The van der Waals surface area contributed by atoms with E-state index in [1.807, 2.05) is 61.5 Å². The van der Waals surface area contributed by atoms with Crippen molar-refractivity contribution < 1.29 is 4.79 Å². The fourth-order valence-electron chi connectivity index (χ4n) is 2.92. The minimum Gasteiger partial charge on any atom is -0.298 e. The van der Waals surface area contributed by atoms with Crippen LogP contribution in [0.3, 0.4) is 0 Å². The van der Waals surface area contributed by atoms with Crippen LogP contribution in [0.1, 0.15) is 21.7 Å². The first kappa shape index (κ1) is 20.1. The molecule has 150 valence electrons. The Bertz CT molecular complexity index is 1210. The van der Waals surface area contributed by atoms with Gasteiger partial charge < -0.3 is 0 Å². The molecule has 0 saturated carbocycles. The van der Waals surface area contributed by atoms with E-state index in [0.717, 1.165) is 16.5 Å². The van der Waals surface area contributed by atoms with E-state index in [1.54, 1.807) is 10.7 Å². The van der Waals surface area contributed by atoms with Crippen molar-refractivity contribution in [2.45, 2.75) is 17.8 Å². The summed E-state index contributed by atoms with van der Waals surface area (Å²) in [4.78, 5) is 12.6. The number of hydrogen-bond donors (Lipinski definition) is 2. The highest BCUT2D eigenvalue weighted by molar-refractivity contribution is 7.98. The second-order valence-corrected chi connectivity index (χ2v) is 7.95. The zero-order valence-corrected chi connectivity index (χ0v) is 17.8. The minimum atomic E-state index is -0.275. The average molecular weight is 434 g/mol. The molecule has 0 fully saturated rings. The number of carbonyl (C=O) groups is 1. The van der Waals surface area contributed by atoms with Crippen molar-refractivity contribution in [1.29, 1.82) is 0 Å². The molecule has 0 radical (unpaired) electrons. The molecule has 4 rings (SSSR count). The molecule has 0 spiro atoms. The van der Waals surface area contributed by atoms with Gasteiger partial charge in [-0.15, -0.1) is 10.2 Å². The number of hydrogen-bond acceptors (Lipinski definition) is 5. The number of amides is 1. The molecule has 0 saturated heterocycles. The molecular weight excluding hydrogens is 414 g/mol. The molecule has 0 aliphatic rings. The maximum Gasteiger partial charge on any atom is 0.257 e. The van der Waals surface area contributed by atoms with Crippen molar-refractivity contribution in [1.82, 2.24) is 20.2 Å². The smallest absolute Gasteiger partial charge is 0.257 e. The molecule has 6 nitrogen and oxygen atoms in total. The average Bonchev–Trinajstić information content (AvgIpc) is 3.11. The van der Waals surface area contributed by atoms with Crippen LogP contribution in [0.15, 0.2) is 78.0 Å². The molecule has 0 unspecified atom stereocenters. The number of nitrogens with zero attached hydrogens (tertiary/aromatic N) is 3. The van der Waals surface area contributed by atoms with Crippen molar-refractivity contribution in [3.63, 3.8) is 0 Å². The van der Waals surface area contributed by atoms with Gasteiger partial charge in [0.2, 0.25) is 5.16 Å². The lowest BCUT2D eigenvalue weighted by atomic mass is 10.1. The molecule has 1 amide bonds. The number of thioether (sulfide) groups is 1. The van der Waals surface area contributed by atoms with Crippen LogP contribution in [0.5, 0.6) is 0 Å². The van der Waals surface area contributed by atoms with Crippen LogP contribution in [-0.4, -0.2) is 25.9 Å². The second kappa shape index (κ2) is 9.06. The van der Waals surface area contributed by atoms with E-state index in [1.165, 1.54) is 17.3 Å². The van der Waals surface area contributed by atoms with Crippen molar-refractivity contribution in [2.24, 2.45) is 0 Å².